The number of nitrogens with one attached hydrogen (secondary N) is 2. The molecular weight excluding hydrogens is 374 g/mol. The fourth-order valence-electron chi connectivity index (χ4n) is 4.68. The number of aliphatic hydroxyl groups is 1. The summed E-state index contributed by atoms with van der Waals surface area (Å²) in [5.41, 5.74) is 1.92. The summed E-state index contributed by atoms with van der Waals surface area (Å²) in [5.74, 6) is 2.93. The molecule has 3 aromatic rings. The van der Waals surface area contributed by atoms with Crippen molar-refractivity contribution >= 4 is 28.4 Å². The van der Waals surface area contributed by atoms with Crippen molar-refractivity contribution in [3.05, 3.63) is 64.3 Å². The van der Waals surface area contributed by atoms with E-state index in [-0.39, 0.29) is 23.8 Å². The number of aromatic nitrogens is 2. The first-order chi connectivity index (χ1) is 13.5. The Bertz CT molecular complexity index is 1130. The Hall–Kier alpha value is -2.81. The number of terminal acetylenes is 1. The van der Waals surface area contributed by atoms with Crippen LogP contribution in [0.4, 0.5) is 0 Å². The second-order valence-electron chi connectivity index (χ2n) is 7.78. The summed E-state index contributed by atoms with van der Waals surface area (Å²) in [6, 6.07) is 10.8. The molecule has 0 saturated heterocycles. The average Bonchev–Trinajstić information content (AvgIpc) is 3.06. The first-order valence-corrected chi connectivity index (χ1v) is 9.59. The predicted molar refractivity (Wildman–Crippen MR) is 107 cm³/mol. The summed E-state index contributed by atoms with van der Waals surface area (Å²) >= 11 is 6.23. The number of fused-ring (bicyclic) bond motifs is 2. The van der Waals surface area contributed by atoms with E-state index in [1.807, 2.05) is 6.07 Å². The van der Waals surface area contributed by atoms with Gasteiger partial charge in [0.05, 0.1) is 17.3 Å². The number of hydrogen-bond acceptors (Lipinski definition) is 3. The van der Waals surface area contributed by atoms with Crippen molar-refractivity contribution in [1.82, 2.24) is 15.5 Å². The molecule has 2 fully saturated rings. The van der Waals surface area contributed by atoms with Gasteiger partial charge in [0.1, 0.15) is 0 Å². The molecule has 3 N–H and O–H groups in total. The second-order valence-corrected chi connectivity index (χ2v) is 8.21. The van der Waals surface area contributed by atoms with E-state index >= 15 is 0 Å². The van der Waals surface area contributed by atoms with E-state index in [1.54, 1.807) is 36.5 Å². The van der Waals surface area contributed by atoms with Gasteiger partial charge >= 0.3 is 0 Å². The summed E-state index contributed by atoms with van der Waals surface area (Å²) in [6.07, 6.45) is 8.31. The molecule has 1 heterocycles. The first-order valence-electron chi connectivity index (χ1n) is 9.21. The van der Waals surface area contributed by atoms with E-state index < -0.39 is 5.60 Å². The largest absolute Gasteiger partial charge is 0.385 e. The summed E-state index contributed by atoms with van der Waals surface area (Å²) in [4.78, 5) is 12.5. The predicted octanol–water partition coefficient (Wildman–Crippen LogP) is 3.22. The Labute approximate surface area is 167 Å². The Morgan fingerprint density at radius 3 is 2.86 bits per heavy atom. The van der Waals surface area contributed by atoms with Crippen molar-refractivity contribution < 1.29 is 9.90 Å². The first kappa shape index (κ1) is 17.3. The zero-order valence-electron chi connectivity index (χ0n) is 14.9. The lowest BCUT2D eigenvalue weighted by Gasteiger charge is -2.27. The van der Waals surface area contributed by atoms with Gasteiger partial charge in [0.25, 0.3) is 5.91 Å². The molecule has 28 heavy (non-hydrogen) atoms. The molecular formula is C22H18ClN3O2. The molecule has 2 aromatic carbocycles. The zero-order chi connectivity index (χ0) is 19.5. The third-order valence-corrected chi connectivity index (χ3v) is 6.31. The van der Waals surface area contributed by atoms with Gasteiger partial charge in [-0.15, -0.1) is 6.42 Å². The monoisotopic (exact) mass is 391 g/mol. The van der Waals surface area contributed by atoms with Crippen LogP contribution in [0.5, 0.6) is 0 Å². The topological polar surface area (TPSA) is 78.0 Å². The van der Waals surface area contributed by atoms with Crippen LogP contribution in [0.15, 0.2) is 42.6 Å². The Morgan fingerprint density at radius 1 is 1.32 bits per heavy atom. The maximum Gasteiger partial charge on any atom is 0.251 e. The van der Waals surface area contributed by atoms with Crippen molar-refractivity contribution in [2.24, 2.45) is 11.8 Å². The van der Waals surface area contributed by atoms with E-state index in [0.717, 1.165) is 16.5 Å². The van der Waals surface area contributed by atoms with Gasteiger partial charge in [0.15, 0.2) is 0 Å². The summed E-state index contributed by atoms with van der Waals surface area (Å²) in [7, 11) is 0. The summed E-state index contributed by atoms with van der Waals surface area (Å²) in [5, 5.41) is 22.8. The van der Waals surface area contributed by atoms with Crippen LogP contribution in [0.2, 0.25) is 5.02 Å². The molecule has 5 rings (SSSR count). The van der Waals surface area contributed by atoms with E-state index in [1.165, 1.54) is 0 Å². The van der Waals surface area contributed by atoms with Crippen molar-refractivity contribution in [3.63, 3.8) is 0 Å². The molecule has 2 saturated carbocycles. The lowest BCUT2D eigenvalue weighted by atomic mass is 9.86. The van der Waals surface area contributed by atoms with Gasteiger partial charge in [-0.25, -0.2) is 0 Å². The molecule has 0 spiro atoms. The molecule has 0 radical (unpaired) electrons. The molecule has 2 aliphatic carbocycles. The quantitative estimate of drug-likeness (QED) is 0.600. The number of amides is 1. The van der Waals surface area contributed by atoms with Crippen LogP contribution in [0.1, 0.15) is 34.3 Å². The fourth-order valence-corrected chi connectivity index (χ4v) is 4.90. The number of carbonyl (C=O) groups is 1. The highest BCUT2D eigenvalue weighted by molar-refractivity contribution is 6.31. The van der Waals surface area contributed by atoms with Crippen molar-refractivity contribution in [3.8, 4) is 12.3 Å². The minimum atomic E-state index is -0.951. The van der Waals surface area contributed by atoms with Crippen molar-refractivity contribution in [2.75, 3.05) is 0 Å². The van der Waals surface area contributed by atoms with Gasteiger partial charge in [-0.05, 0) is 60.6 Å². The lowest BCUT2D eigenvalue weighted by molar-refractivity contribution is 0.0293. The minimum Gasteiger partial charge on any atom is -0.385 e. The highest BCUT2D eigenvalue weighted by atomic mass is 35.5. The van der Waals surface area contributed by atoms with Crippen LogP contribution in [0.25, 0.3) is 10.9 Å². The highest BCUT2D eigenvalue weighted by Crippen LogP contribution is 2.60. The normalized spacial score (nSPS) is 28.0. The zero-order valence-corrected chi connectivity index (χ0v) is 15.7. The smallest absolute Gasteiger partial charge is 0.251 e. The molecule has 6 heteroatoms. The van der Waals surface area contributed by atoms with E-state index in [4.69, 9.17) is 18.0 Å². The van der Waals surface area contributed by atoms with Crippen LogP contribution in [0.3, 0.4) is 0 Å². The molecule has 5 nitrogen and oxygen atoms in total. The number of carbonyl (C=O) groups excluding carboxylic acids is 1. The number of nitrogens with zero attached hydrogens (tertiary/aromatic N) is 1. The lowest BCUT2D eigenvalue weighted by Crippen LogP contribution is -2.33. The number of H-pyrrole nitrogens is 1. The molecule has 1 aromatic heterocycles. The third-order valence-electron chi connectivity index (χ3n) is 6.09. The minimum absolute atomic E-state index is 0.0845. The molecule has 2 aliphatic rings. The fraction of sp³-hybridized carbons (Fsp3) is 0.273. The maximum absolute atomic E-state index is 12.5. The van der Waals surface area contributed by atoms with Crippen LogP contribution < -0.4 is 5.32 Å². The summed E-state index contributed by atoms with van der Waals surface area (Å²) < 4.78 is 0. The van der Waals surface area contributed by atoms with Crippen molar-refractivity contribution in [1.29, 1.82) is 0 Å². The second kappa shape index (κ2) is 6.10. The molecule has 0 aliphatic heterocycles. The van der Waals surface area contributed by atoms with Gasteiger partial charge in [-0.2, -0.15) is 5.10 Å². The van der Waals surface area contributed by atoms with Gasteiger partial charge in [-0.1, -0.05) is 23.6 Å². The third kappa shape index (κ3) is 2.69. The van der Waals surface area contributed by atoms with Gasteiger partial charge in [0, 0.05) is 27.6 Å². The maximum atomic E-state index is 12.5. The number of halogens is 1. The molecule has 2 unspecified atom stereocenters. The van der Waals surface area contributed by atoms with Crippen LogP contribution in [-0.2, 0) is 5.60 Å². The number of aromatic amines is 1. The van der Waals surface area contributed by atoms with Gasteiger partial charge < -0.3 is 10.4 Å². The number of hydrogen-bond donors (Lipinski definition) is 3. The summed E-state index contributed by atoms with van der Waals surface area (Å²) in [6.45, 7) is 0. The van der Waals surface area contributed by atoms with E-state index in [0.29, 0.717) is 29.0 Å². The SMILES string of the molecule is C#Cc1cccc(C(=O)NC2C3CC(O)(c4cc(Cl)cc5[nH]ncc45)CC32)c1. The Morgan fingerprint density at radius 2 is 2.11 bits per heavy atom. The van der Waals surface area contributed by atoms with Crippen LogP contribution >= 0.6 is 11.6 Å². The van der Waals surface area contributed by atoms with Gasteiger partial charge in [0.2, 0.25) is 0 Å². The molecule has 1 amide bonds. The highest BCUT2D eigenvalue weighted by Gasteiger charge is 2.62. The van der Waals surface area contributed by atoms with E-state index in [9.17, 15) is 9.90 Å². The number of rotatable bonds is 3. The van der Waals surface area contributed by atoms with Gasteiger partial charge in [-0.3, -0.25) is 9.89 Å². The standard InChI is InChI=1S/C22H18ClN3O2/c1-2-12-4-3-5-13(6-12)21(27)25-20-15-9-22(28,10-16(15)20)18-7-14(23)8-19-17(18)11-24-26-19/h1,3-8,11,15-16,20,28H,9-10H2,(H,24,26)(H,25,27). The van der Waals surface area contributed by atoms with Crippen LogP contribution in [0, 0.1) is 24.2 Å². The Kier molecular flexibility index (Phi) is 3.77. The Balaban J connectivity index is 1.32. The molecule has 140 valence electrons. The van der Waals surface area contributed by atoms with Crippen LogP contribution in [-0.4, -0.2) is 27.3 Å². The average molecular weight is 392 g/mol. The molecule has 2 atom stereocenters. The van der Waals surface area contributed by atoms with Crippen molar-refractivity contribution in [2.45, 2.75) is 24.5 Å². The number of benzene rings is 2. The molecule has 0 bridgehead atoms. The van der Waals surface area contributed by atoms with E-state index in [2.05, 4.69) is 21.4 Å².